The van der Waals surface area contributed by atoms with E-state index in [0.717, 1.165) is 0 Å². The van der Waals surface area contributed by atoms with Gasteiger partial charge in [0.15, 0.2) is 0 Å². The summed E-state index contributed by atoms with van der Waals surface area (Å²) in [7, 11) is 4.51. The molecule has 1 aromatic rings. The SMILES string of the molecule is C#C[C@@H](O)c1c(OC)cc(OC)cc1OC. The lowest BCUT2D eigenvalue weighted by Crippen LogP contribution is -2.02. The Morgan fingerprint density at radius 2 is 1.62 bits per heavy atom. The van der Waals surface area contributed by atoms with Crippen LogP contribution in [0.5, 0.6) is 17.2 Å². The number of ether oxygens (including phenoxy) is 3. The van der Waals surface area contributed by atoms with E-state index >= 15 is 0 Å². The molecule has 1 N–H and O–H groups in total. The zero-order valence-corrected chi connectivity index (χ0v) is 9.48. The van der Waals surface area contributed by atoms with E-state index in [1.54, 1.807) is 12.1 Å². The van der Waals surface area contributed by atoms with E-state index in [2.05, 4.69) is 5.92 Å². The summed E-state index contributed by atoms with van der Waals surface area (Å²) in [6.07, 6.45) is 4.11. The van der Waals surface area contributed by atoms with E-state index < -0.39 is 6.10 Å². The van der Waals surface area contributed by atoms with Crippen LogP contribution in [0, 0.1) is 12.3 Å². The van der Waals surface area contributed by atoms with Crippen LogP contribution in [-0.4, -0.2) is 26.4 Å². The summed E-state index contributed by atoms with van der Waals surface area (Å²) in [6, 6.07) is 3.27. The highest BCUT2D eigenvalue weighted by molar-refractivity contribution is 5.53. The number of methoxy groups -OCH3 is 3. The normalized spacial score (nSPS) is 11.4. The van der Waals surface area contributed by atoms with Crippen molar-refractivity contribution in [2.45, 2.75) is 6.10 Å². The standard InChI is InChI=1S/C12H14O4/c1-5-9(13)12-10(15-3)6-8(14-2)7-11(12)16-4/h1,6-7,9,13H,2-4H3/t9-/m1/s1. The lowest BCUT2D eigenvalue weighted by molar-refractivity contribution is 0.225. The molecule has 0 bridgehead atoms. The molecule has 0 saturated heterocycles. The molecule has 16 heavy (non-hydrogen) atoms. The zero-order valence-electron chi connectivity index (χ0n) is 9.48. The number of aliphatic hydroxyl groups is 1. The maximum atomic E-state index is 9.68. The second-order valence-electron chi connectivity index (χ2n) is 3.01. The van der Waals surface area contributed by atoms with Crippen molar-refractivity contribution in [3.05, 3.63) is 17.7 Å². The Labute approximate surface area is 94.8 Å². The van der Waals surface area contributed by atoms with Crippen molar-refractivity contribution in [3.8, 4) is 29.6 Å². The fraction of sp³-hybridized carbons (Fsp3) is 0.333. The Bertz CT molecular complexity index is 381. The molecule has 0 amide bonds. The van der Waals surface area contributed by atoms with Gasteiger partial charge in [-0.3, -0.25) is 0 Å². The van der Waals surface area contributed by atoms with Crippen LogP contribution in [0.2, 0.25) is 0 Å². The highest BCUT2D eigenvalue weighted by Gasteiger charge is 2.18. The summed E-state index contributed by atoms with van der Waals surface area (Å²) in [5, 5.41) is 9.68. The van der Waals surface area contributed by atoms with E-state index in [1.165, 1.54) is 21.3 Å². The molecule has 4 heteroatoms. The zero-order chi connectivity index (χ0) is 12.1. The molecule has 1 rings (SSSR count). The lowest BCUT2D eigenvalue weighted by Gasteiger charge is -2.16. The minimum Gasteiger partial charge on any atom is -0.496 e. The predicted molar refractivity (Wildman–Crippen MR) is 59.9 cm³/mol. The summed E-state index contributed by atoms with van der Waals surface area (Å²) in [5.41, 5.74) is 0.424. The average molecular weight is 222 g/mol. The van der Waals surface area contributed by atoms with Crippen LogP contribution in [0.25, 0.3) is 0 Å². The minimum absolute atomic E-state index is 0.424. The van der Waals surface area contributed by atoms with Crippen molar-refractivity contribution in [1.82, 2.24) is 0 Å². The first-order valence-corrected chi connectivity index (χ1v) is 4.62. The largest absolute Gasteiger partial charge is 0.496 e. The maximum Gasteiger partial charge on any atom is 0.147 e. The van der Waals surface area contributed by atoms with Crippen LogP contribution >= 0.6 is 0 Å². The molecule has 0 fully saturated rings. The van der Waals surface area contributed by atoms with E-state index in [9.17, 15) is 5.11 Å². The monoisotopic (exact) mass is 222 g/mol. The summed E-state index contributed by atoms with van der Waals surface area (Å²) in [5.74, 6) is 3.66. The molecule has 0 heterocycles. The number of hydrogen-bond donors (Lipinski definition) is 1. The van der Waals surface area contributed by atoms with Gasteiger partial charge in [0, 0.05) is 12.1 Å². The summed E-state index contributed by atoms with van der Waals surface area (Å²) >= 11 is 0. The number of terminal acetylenes is 1. The van der Waals surface area contributed by atoms with Gasteiger partial charge in [-0.25, -0.2) is 0 Å². The highest BCUT2D eigenvalue weighted by atomic mass is 16.5. The van der Waals surface area contributed by atoms with Crippen LogP contribution in [0.15, 0.2) is 12.1 Å². The molecule has 4 nitrogen and oxygen atoms in total. The Hall–Kier alpha value is -1.86. The van der Waals surface area contributed by atoms with Gasteiger partial charge in [0.05, 0.1) is 26.9 Å². The highest BCUT2D eigenvalue weighted by Crippen LogP contribution is 2.37. The molecule has 0 aliphatic carbocycles. The van der Waals surface area contributed by atoms with Gasteiger partial charge in [-0.2, -0.15) is 0 Å². The van der Waals surface area contributed by atoms with Gasteiger partial charge in [0.2, 0.25) is 0 Å². The first-order chi connectivity index (χ1) is 7.67. The van der Waals surface area contributed by atoms with Gasteiger partial charge in [-0.05, 0) is 0 Å². The first kappa shape index (κ1) is 12.2. The Kier molecular flexibility index (Phi) is 4.03. The van der Waals surface area contributed by atoms with E-state index in [4.69, 9.17) is 20.6 Å². The van der Waals surface area contributed by atoms with Crippen LogP contribution in [0.4, 0.5) is 0 Å². The fourth-order valence-electron chi connectivity index (χ4n) is 1.39. The third-order valence-electron chi connectivity index (χ3n) is 2.18. The van der Waals surface area contributed by atoms with Gasteiger partial charge < -0.3 is 19.3 Å². The average Bonchev–Trinajstić information content (AvgIpc) is 2.35. The van der Waals surface area contributed by atoms with E-state index in [0.29, 0.717) is 22.8 Å². The van der Waals surface area contributed by atoms with Crippen LogP contribution in [0.3, 0.4) is 0 Å². The molecule has 0 saturated carbocycles. The molecular formula is C12H14O4. The maximum absolute atomic E-state index is 9.68. The number of benzene rings is 1. The summed E-state index contributed by atoms with van der Waals surface area (Å²) in [6.45, 7) is 0. The van der Waals surface area contributed by atoms with Gasteiger partial charge >= 0.3 is 0 Å². The number of aliphatic hydroxyl groups excluding tert-OH is 1. The molecule has 0 radical (unpaired) electrons. The second kappa shape index (κ2) is 5.29. The van der Waals surface area contributed by atoms with Gasteiger partial charge in [0.25, 0.3) is 0 Å². The molecule has 1 atom stereocenters. The van der Waals surface area contributed by atoms with Crippen LogP contribution in [-0.2, 0) is 0 Å². The smallest absolute Gasteiger partial charge is 0.147 e. The quantitative estimate of drug-likeness (QED) is 0.782. The van der Waals surface area contributed by atoms with Crippen molar-refractivity contribution in [2.24, 2.45) is 0 Å². The molecule has 0 aliphatic rings. The third kappa shape index (κ3) is 2.20. The van der Waals surface area contributed by atoms with E-state index in [-0.39, 0.29) is 0 Å². The van der Waals surface area contributed by atoms with Gasteiger partial charge in [-0.1, -0.05) is 5.92 Å². The topological polar surface area (TPSA) is 47.9 Å². The third-order valence-corrected chi connectivity index (χ3v) is 2.18. The Morgan fingerprint density at radius 3 is 1.94 bits per heavy atom. The number of rotatable bonds is 4. The number of hydrogen-bond acceptors (Lipinski definition) is 4. The Balaban J connectivity index is 3.38. The first-order valence-electron chi connectivity index (χ1n) is 4.62. The predicted octanol–water partition coefficient (Wildman–Crippen LogP) is 1.38. The summed E-state index contributed by atoms with van der Waals surface area (Å²) in [4.78, 5) is 0. The molecule has 0 aliphatic heterocycles. The molecular weight excluding hydrogens is 208 g/mol. The van der Waals surface area contributed by atoms with Crippen molar-refractivity contribution in [1.29, 1.82) is 0 Å². The molecule has 0 spiro atoms. The van der Waals surface area contributed by atoms with Crippen LogP contribution in [0.1, 0.15) is 11.7 Å². The lowest BCUT2D eigenvalue weighted by atomic mass is 10.1. The van der Waals surface area contributed by atoms with Crippen LogP contribution < -0.4 is 14.2 Å². The fourth-order valence-corrected chi connectivity index (χ4v) is 1.39. The van der Waals surface area contributed by atoms with E-state index in [1.807, 2.05) is 0 Å². The van der Waals surface area contributed by atoms with Crippen molar-refractivity contribution in [3.63, 3.8) is 0 Å². The Morgan fingerprint density at radius 1 is 1.12 bits per heavy atom. The van der Waals surface area contributed by atoms with Crippen molar-refractivity contribution < 1.29 is 19.3 Å². The molecule has 86 valence electrons. The van der Waals surface area contributed by atoms with Gasteiger partial charge in [0.1, 0.15) is 23.4 Å². The molecule has 0 unspecified atom stereocenters. The van der Waals surface area contributed by atoms with Gasteiger partial charge in [-0.15, -0.1) is 6.42 Å². The molecule has 1 aromatic carbocycles. The summed E-state index contributed by atoms with van der Waals surface area (Å²) < 4.78 is 15.3. The molecule has 0 aromatic heterocycles. The second-order valence-corrected chi connectivity index (χ2v) is 3.01. The van der Waals surface area contributed by atoms with Crippen molar-refractivity contribution >= 4 is 0 Å². The van der Waals surface area contributed by atoms with Crippen molar-refractivity contribution in [2.75, 3.05) is 21.3 Å². The minimum atomic E-state index is -1.07.